The molecule has 0 radical (unpaired) electrons. The highest BCUT2D eigenvalue weighted by molar-refractivity contribution is 7.99. The minimum absolute atomic E-state index is 0.0504. The predicted molar refractivity (Wildman–Crippen MR) is 65.5 cm³/mol. The van der Waals surface area contributed by atoms with Gasteiger partial charge in [-0.25, -0.2) is 9.78 Å². The third kappa shape index (κ3) is 2.28. The number of hydrogen-bond acceptors (Lipinski definition) is 6. The molecule has 0 spiro atoms. The quantitative estimate of drug-likeness (QED) is 0.850. The summed E-state index contributed by atoms with van der Waals surface area (Å²) < 4.78 is 1.78. The SMILES string of the molecule is Cc1nnc(Sc2nc(C(=O)O)ccc2N)n1C. The van der Waals surface area contributed by atoms with Crippen LogP contribution in [0.25, 0.3) is 0 Å². The van der Waals surface area contributed by atoms with Gasteiger partial charge in [0.2, 0.25) is 0 Å². The van der Waals surface area contributed by atoms with Crippen LogP contribution in [0, 0.1) is 6.92 Å². The van der Waals surface area contributed by atoms with Gasteiger partial charge in [-0.1, -0.05) is 0 Å². The molecular weight excluding hydrogens is 254 g/mol. The van der Waals surface area contributed by atoms with Crippen LogP contribution in [0.2, 0.25) is 0 Å². The van der Waals surface area contributed by atoms with E-state index in [0.29, 0.717) is 15.9 Å². The summed E-state index contributed by atoms with van der Waals surface area (Å²) in [7, 11) is 1.81. The van der Waals surface area contributed by atoms with Gasteiger partial charge in [-0.05, 0) is 30.8 Å². The highest BCUT2D eigenvalue weighted by atomic mass is 32.2. The molecule has 94 valence electrons. The number of carboxylic acids is 1. The maximum atomic E-state index is 10.8. The number of aromatic carboxylic acids is 1. The van der Waals surface area contributed by atoms with Gasteiger partial charge in [-0.3, -0.25) is 0 Å². The zero-order chi connectivity index (χ0) is 13.3. The Bertz CT molecular complexity index is 610. The number of hydrogen-bond donors (Lipinski definition) is 2. The lowest BCUT2D eigenvalue weighted by molar-refractivity contribution is 0.0690. The van der Waals surface area contributed by atoms with Gasteiger partial charge in [0.15, 0.2) is 5.16 Å². The van der Waals surface area contributed by atoms with E-state index in [-0.39, 0.29) is 5.69 Å². The molecule has 0 saturated heterocycles. The second-order valence-corrected chi connectivity index (χ2v) is 4.54. The Morgan fingerprint density at radius 1 is 1.44 bits per heavy atom. The van der Waals surface area contributed by atoms with Crippen molar-refractivity contribution in [3.63, 3.8) is 0 Å². The van der Waals surface area contributed by atoms with Crippen molar-refractivity contribution >= 4 is 23.4 Å². The maximum absolute atomic E-state index is 10.8. The van der Waals surface area contributed by atoms with Crippen LogP contribution in [0.5, 0.6) is 0 Å². The highest BCUT2D eigenvalue weighted by Crippen LogP contribution is 2.29. The van der Waals surface area contributed by atoms with E-state index in [1.165, 1.54) is 23.9 Å². The molecule has 0 aliphatic heterocycles. The summed E-state index contributed by atoms with van der Waals surface area (Å²) in [6.45, 7) is 1.82. The molecule has 0 saturated carbocycles. The van der Waals surface area contributed by atoms with Crippen molar-refractivity contribution in [1.82, 2.24) is 19.7 Å². The third-order valence-corrected chi connectivity index (χ3v) is 3.41. The first kappa shape index (κ1) is 12.4. The minimum Gasteiger partial charge on any atom is -0.477 e. The van der Waals surface area contributed by atoms with Crippen molar-refractivity contribution in [3.05, 3.63) is 23.7 Å². The van der Waals surface area contributed by atoms with Gasteiger partial charge in [0.25, 0.3) is 0 Å². The summed E-state index contributed by atoms with van der Waals surface area (Å²) in [5.41, 5.74) is 6.12. The first-order chi connectivity index (χ1) is 8.49. The van der Waals surface area contributed by atoms with E-state index in [9.17, 15) is 4.79 Å². The molecule has 18 heavy (non-hydrogen) atoms. The van der Waals surface area contributed by atoms with Gasteiger partial charge < -0.3 is 15.4 Å². The van der Waals surface area contributed by atoms with E-state index < -0.39 is 5.97 Å². The number of nitrogens with zero attached hydrogens (tertiary/aromatic N) is 4. The predicted octanol–water partition coefficient (Wildman–Crippen LogP) is 0.950. The van der Waals surface area contributed by atoms with Gasteiger partial charge in [0.05, 0.1) is 5.69 Å². The summed E-state index contributed by atoms with van der Waals surface area (Å²) in [5, 5.41) is 17.8. The Labute approximate surface area is 107 Å². The number of carboxylic acid groups (broad SMARTS) is 1. The molecule has 0 bridgehead atoms. The molecule has 0 fully saturated rings. The average Bonchev–Trinajstić information content (AvgIpc) is 2.63. The molecular formula is C10H11N5O2S. The summed E-state index contributed by atoms with van der Waals surface area (Å²) >= 11 is 1.18. The Balaban J connectivity index is 2.36. The first-order valence-electron chi connectivity index (χ1n) is 5.02. The van der Waals surface area contributed by atoms with E-state index in [2.05, 4.69) is 15.2 Å². The van der Waals surface area contributed by atoms with E-state index in [0.717, 1.165) is 5.82 Å². The van der Waals surface area contributed by atoms with E-state index >= 15 is 0 Å². The number of nitrogen functional groups attached to an aromatic ring is 1. The lowest BCUT2D eigenvalue weighted by Gasteiger charge is -2.05. The molecule has 3 N–H and O–H groups in total. The Hall–Kier alpha value is -2.09. The Morgan fingerprint density at radius 3 is 2.72 bits per heavy atom. The summed E-state index contributed by atoms with van der Waals surface area (Å²) in [6, 6.07) is 2.88. The maximum Gasteiger partial charge on any atom is 0.354 e. The zero-order valence-electron chi connectivity index (χ0n) is 9.78. The Morgan fingerprint density at radius 2 is 2.17 bits per heavy atom. The molecule has 8 heteroatoms. The Kier molecular flexibility index (Phi) is 3.19. The number of aryl methyl sites for hydroxylation is 1. The highest BCUT2D eigenvalue weighted by Gasteiger charge is 2.13. The molecule has 0 amide bonds. The summed E-state index contributed by atoms with van der Waals surface area (Å²) in [6.07, 6.45) is 0. The average molecular weight is 265 g/mol. The molecule has 0 atom stereocenters. The van der Waals surface area contributed by atoms with E-state index in [1.54, 1.807) is 4.57 Å². The van der Waals surface area contributed by atoms with Crippen molar-refractivity contribution < 1.29 is 9.90 Å². The van der Waals surface area contributed by atoms with Gasteiger partial charge >= 0.3 is 5.97 Å². The lowest BCUT2D eigenvalue weighted by atomic mass is 10.3. The van der Waals surface area contributed by atoms with Crippen LogP contribution in [0.3, 0.4) is 0 Å². The van der Waals surface area contributed by atoms with Crippen LogP contribution >= 0.6 is 11.8 Å². The molecule has 7 nitrogen and oxygen atoms in total. The van der Waals surface area contributed by atoms with E-state index in [1.807, 2.05) is 14.0 Å². The monoisotopic (exact) mass is 265 g/mol. The fourth-order valence-corrected chi connectivity index (χ4v) is 2.07. The number of carbonyl (C=O) groups is 1. The first-order valence-corrected chi connectivity index (χ1v) is 5.84. The number of anilines is 1. The fraction of sp³-hybridized carbons (Fsp3) is 0.200. The normalized spacial score (nSPS) is 10.6. The summed E-state index contributed by atoms with van der Waals surface area (Å²) in [5.74, 6) is -0.337. The molecule has 2 aromatic heterocycles. The van der Waals surface area contributed by atoms with Crippen LogP contribution in [0.1, 0.15) is 16.3 Å². The standard InChI is InChI=1S/C10H11N5O2S/c1-5-13-14-10(15(5)2)18-8-6(11)3-4-7(12-8)9(16)17/h3-4H,11H2,1-2H3,(H,16,17). The third-order valence-electron chi connectivity index (χ3n) is 2.35. The number of aromatic nitrogens is 4. The van der Waals surface area contributed by atoms with Gasteiger partial charge in [0, 0.05) is 7.05 Å². The number of nitrogens with two attached hydrogens (primary N) is 1. The second kappa shape index (κ2) is 4.65. The number of rotatable bonds is 3. The molecule has 0 aromatic carbocycles. The summed E-state index contributed by atoms with van der Waals surface area (Å²) in [4.78, 5) is 14.8. The zero-order valence-corrected chi connectivity index (χ0v) is 10.6. The van der Waals surface area contributed by atoms with Gasteiger partial charge in [-0.15, -0.1) is 10.2 Å². The number of pyridine rings is 1. The van der Waals surface area contributed by atoms with Crippen molar-refractivity contribution in [2.24, 2.45) is 7.05 Å². The van der Waals surface area contributed by atoms with Crippen LogP contribution in [-0.4, -0.2) is 30.8 Å². The van der Waals surface area contributed by atoms with Crippen molar-refractivity contribution in [2.45, 2.75) is 17.1 Å². The molecule has 2 rings (SSSR count). The molecule has 0 aliphatic carbocycles. The van der Waals surface area contributed by atoms with E-state index in [4.69, 9.17) is 10.8 Å². The van der Waals surface area contributed by atoms with Crippen LogP contribution in [-0.2, 0) is 7.05 Å². The van der Waals surface area contributed by atoms with Crippen molar-refractivity contribution in [1.29, 1.82) is 0 Å². The van der Waals surface area contributed by atoms with Crippen LogP contribution < -0.4 is 5.73 Å². The fourth-order valence-electron chi connectivity index (χ4n) is 1.22. The van der Waals surface area contributed by atoms with Gasteiger partial charge in [0.1, 0.15) is 16.5 Å². The smallest absolute Gasteiger partial charge is 0.354 e. The molecule has 2 aromatic rings. The molecule has 0 unspecified atom stereocenters. The minimum atomic E-state index is -1.09. The second-order valence-electron chi connectivity index (χ2n) is 3.59. The molecule has 0 aliphatic rings. The van der Waals surface area contributed by atoms with Crippen LogP contribution in [0.15, 0.2) is 22.3 Å². The van der Waals surface area contributed by atoms with Crippen LogP contribution in [0.4, 0.5) is 5.69 Å². The van der Waals surface area contributed by atoms with Gasteiger partial charge in [-0.2, -0.15) is 0 Å². The lowest BCUT2D eigenvalue weighted by Crippen LogP contribution is -2.03. The molecule has 2 heterocycles. The topological polar surface area (TPSA) is 107 Å². The largest absolute Gasteiger partial charge is 0.477 e. The van der Waals surface area contributed by atoms with Crippen molar-refractivity contribution in [2.75, 3.05) is 5.73 Å². The van der Waals surface area contributed by atoms with Crippen molar-refractivity contribution in [3.8, 4) is 0 Å².